The molecule has 0 aliphatic rings. The summed E-state index contributed by atoms with van der Waals surface area (Å²) in [5, 5.41) is 9.91. The second kappa shape index (κ2) is 3.64. The van der Waals surface area contributed by atoms with Crippen molar-refractivity contribution in [1.29, 1.82) is 0 Å². The monoisotopic (exact) mass is 206 g/mol. The van der Waals surface area contributed by atoms with Crippen LogP contribution in [0.25, 0.3) is 11.1 Å². The lowest BCUT2D eigenvalue weighted by Crippen LogP contribution is -2.36. The van der Waals surface area contributed by atoms with Gasteiger partial charge in [0.25, 0.3) is 0 Å². The number of aromatic nitrogens is 1. The van der Waals surface area contributed by atoms with Crippen LogP contribution in [0.1, 0.15) is 25.7 Å². The molecule has 2 rings (SSSR count). The van der Waals surface area contributed by atoms with Gasteiger partial charge < -0.3 is 9.52 Å². The van der Waals surface area contributed by atoms with Gasteiger partial charge in [0.15, 0.2) is 11.3 Å². The third-order valence-electron chi connectivity index (χ3n) is 2.30. The molecule has 0 aliphatic carbocycles. The van der Waals surface area contributed by atoms with Crippen LogP contribution in [0.5, 0.6) is 0 Å². The average molecular weight is 206 g/mol. The second-order valence-electron chi connectivity index (χ2n) is 3.66. The van der Waals surface area contributed by atoms with E-state index in [9.17, 15) is 5.11 Å². The van der Waals surface area contributed by atoms with Crippen molar-refractivity contribution in [1.82, 2.24) is 4.98 Å². The molecule has 0 radical (unpaired) electrons. The predicted octanol–water partition coefficient (Wildman–Crippen LogP) is 1.73. The summed E-state index contributed by atoms with van der Waals surface area (Å²) in [6, 6.07) is 7.34. The Morgan fingerprint density at radius 3 is 2.87 bits per heavy atom. The number of oxazole rings is 1. The van der Waals surface area contributed by atoms with Crippen LogP contribution in [-0.2, 0) is 5.72 Å². The van der Waals surface area contributed by atoms with Crippen LogP contribution in [0.4, 0.5) is 0 Å². The summed E-state index contributed by atoms with van der Waals surface area (Å²) in [7, 11) is 0. The topological polar surface area (TPSA) is 72.3 Å². The van der Waals surface area contributed by atoms with E-state index in [-0.39, 0.29) is 5.89 Å². The minimum Gasteiger partial charge on any atom is -0.436 e. The summed E-state index contributed by atoms with van der Waals surface area (Å²) in [5.41, 5.74) is 5.61. The molecule has 1 aromatic carbocycles. The van der Waals surface area contributed by atoms with E-state index < -0.39 is 5.72 Å². The fourth-order valence-electron chi connectivity index (χ4n) is 1.55. The van der Waals surface area contributed by atoms with Gasteiger partial charge in [-0.1, -0.05) is 25.5 Å². The van der Waals surface area contributed by atoms with E-state index in [1.165, 1.54) is 0 Å². The van der Waals surface area contributed by atoms with Gasteiger partial charge in [0.05, 0.1) is 0 Å². The normalized spacial score (nSPS) is 15.4. The van der Waals surface area contributed by atoms with Gasteiger partial charge in [-0.05, 0) is 18.6 Å². The van der Waals surface area contributed by atoms with Gasteiger partial charge in [-0.25, -0.2) is 4.98 Å². The molecule has 3 N–H and O–H groups in total. The first-order valence-electron chi connectivity index (χ1n) is 5.01. The maximum absolute atomic E-state index is 9.91. The van der Waals surface area contributed by atoms with Crippen molar-refractivity contribution >= 4 is 11.1 Å². The zero-order valence-electron chi connectivity index (χ0n) is 8.60. The Bertz CT molecular complexity index is 429. The maximum atomic E-state index is 9.91. The van der Waals surface area contributed by atoms with E-state index in [2.05, 4.69) is 4.98 Å². The molecule has 0 fully saturated rings. The van der Waals surface area contributed by atoms with Crippen molar-refractivity contribution in [3.8, 4) is 0 Å². The molecular formula is C11H14N2O2. The molecule has 1 aromatic heterocycles. The fourth-order valence-corrected chi connectivity index (χ4v) is 1.55. The molecule has 0 amide bonds. The number of nitrogens with zero attached hydrogens (tertiary/aromatic N) is 1. The van der Waals surface area contributed by atoms with Crippen LogP contribution in [0.2, 0.25) is 0 Å². The van der Waals surface area contributed by atoms with Crippen LogP contribution < -0.4 is 5.73 Å². The highest BCUT2D eigenvalue weighted by molar-refractivity contribution is 5.72. The first kappa shape index (κ1) is 10.1. The first-order chi connectivity index (χ1) is 7.13. The highest BCUT2D eigenvalue weighted by atomic mass is 16.4. The number of nitrogens with two attached hydrogens (primary N) is 1. The van der Waals surface area contributed by atoms with E-state index in [1.54, 1.807) is 6.07 Å². The minimum atomic E-state index is -1.46. The average Bonchev–Trinajstić information content (AvgIpc) is 2.61. The molecule has 0 bridgehead atoms. The van der Waals surface area contributed by atoms with Gasteiger partial charge in [0.2, 0.25) is 5.89 Å². The molecule has 15 heavy (non-hydrogen) atoms. The summed E-state index contributed by atoms with van der Waals surface area (Å²) >= 11 is 0. The molecule has 1 atom stereocenters. The molecule has 0 unspecified atom stereocenters. The van der Waals surface area contributed by atoms with Crippen molar-refractivity contribution in [3.63, 3.8) is 0 Å². The lowest BCUT2D eigenvalue weighted by molar-refractivity contribution is 0.00787. The maximum Gasteiger partial charge on any atom is 0.242 e. The highest BCUT2D eigenvalue weighted by Crippen LogP contribution is 2.24. The third kappa shape index (κ3) is 1.86. The van der Waals surface area contributed by atoms with Gasteiger partial charge in [-0.2, -0.15) is 0 Å². The standard InChI is InChI=1S/C11H14N2O2/c1-2-7-11(12,14)10-13-8-5-3-4-6-9(8)15-10/h3-6,14H,2,7,12H2,1H3/t11-/m0/s1. The minimum absolute atomic E-state index is 0.186. The number of fused-ring (bicyclic) bond motifs is 1. The van der Waals surface area contributed by atoms with Gasteiger partial charge in [0.1, 0.15) is 5.52 Å². The van der Waals surface area contributed by atoms with E-state index in [0.717, 1.165) is 6.42 Å². The fraction of sp³-hybridized carbons (Fsp3) is 0.364. The number of para-hydroxylation sites is 2. The summed E-state index contributed by atoms with van der Waals surface area (Å²) in [6.45, 7) is 1.94. The molecule has 0 saturated heterocycles. The van der Waals surface area contributed by atoms with Gasteiger partial charge in [-0.3, -0.25) is 5.73 Å². The largest absolute Gasteiger partial charge is 0.436 e. The molecule has 1 heterocycles. The molecule has 4 nitrogen and oxygen atoms in total. The Hall–Kier alpha value is -1.39. The zero-order valence-corrected chi connectivity index (χ0v) is 8.60. The van der Waals surface area contributed by atoms with Gasteiger partial charge >= 0.3 is 0 Å². The Morgan fingerprint density at radius 1 is 1.47 bits per heavy atom. The van der Waals surface area contributed by atoms with E-state index in [0.29, 0.717) is 17.5 Å². The van der Waals surface area contributed by atoms with E-state index in [4.69, 9.17) is 10.2 Å². The summed E-state index contributed by atoms with van der Waals surface area (Å²) in [5.74, 6) is 0.186. The number of aliphatic hydroxyl groups is 1. The third-order valence-corrected chi connectivity index (χ3v) is 2.30. The van der Waals surface area contributed by atoms with Crippen molar-refractivity contribution in [2.75, 3.05) is 0 Å². The Balaban J connectivity index is 2.44. The lowest BCUT2D eigenvalue weighted by atomic mass is 10.1. The lowest BCUT2D eigenvalue weighted by Gasteiger charge is -2.17. The number of hydrogen-bond acceptors (Lipinski definition) is 4. The highest BCUT2D eigenvalue weighted by Gasteiger charge is 2.28. The van der Waals surface area contributed by atoms with Crippen LogP contribution in [-0.4, -0.2) is 10.1 Å². The van der Waals surface area contributed by atoms with Gasteiger partial charge in [-0.15, -0.1) is 0 Å². The van der Waals surface area contributed by atoms with Crippen molar-refractivity contribution in [2.45, 2.75) is 25.5 Å². The van der Waals surface area contributed by atoms with Crippen LogP contribution in [0.3, 0.4) is 0 Å². The van der Waals surface area contributed by atoms with E-state index in [1.807, 2.05) is 25.1 Å². The number of hydrogen-bond donors (Lipinski definition) is 2. The first-order valence-corrected chi connectivity index (χ1v) is 5.01. The number of benzene rings is 1. The van der Waals surface area contributed by atoms with Crippen LogP contribution in [0, 0.1) is 0 Å². The van der Waals surface area contributed by atoms with Crippen molar-refractivity contribution in [2.24, 2.45) is 5.73 Å². The molecule has 80 valence electrons. The Kier molecular flexibility index (Phi) is 2.46. The van der Waals surface area contributed by atoms with Crippen LogP contribution >= 0.6 is 0 Å². The van der Waals surface area contributed by atoms with Crippen LogP contribution in [0.15, 0.2) is 28.7 Å². The molecular weight excluding hydrogens is 192 g/mol. The second-order valence-corrected chi connectivity index (χ2v) is 3.66. The summed E-state index contributed by atoms with van der Waals surface area (Å²) in [6.07, 6.45) is 1.20. The smallest absolute Gasteiger partial charge is 0.242 e. The summed E-state index contributed by atoms with van der Waals surface area (Å²) < 4.78 is 5.40. The molecule has 0 aliphatic heterocycles. The molecule has 4 heteroatoms. The summed E-state index contributed by atoms with van der Waals surface area (Å²) in [4.78, 5) is 4.16. The predicted molar refractivity (Wildman–Crippen MR) is 57.0 cm³/mol. The SMILES string of the molecule is CCC[C@](N)(O)c1nc2ccccc2o1. The molecule has 2 aromatic rings. The zero-order chi connectivity index (χ0) is 10.9. The number of rotatable bonds is 3. The van der Waals surface area contributed by atoms with E-state index >= 15 is 0 Å². The molecule has 0 saturated carbocycles. The Labute approximate surface area is 87.7 Å². The Morgan fingerprint density at radius 2 is 2.20 bits per heavy atom. The molecule has 0 spiro atoms. The van der Waals surface area contributed by atoms with Crippen molar-refractivity contribution in [3.05, 3.63) is 30.2 Å². The van der Waals surface area contributed by atoms with Gasteiger partial charge in [0, 0.05) is 0 Å². The quantitative estimate of drug-likeness (QED) is 0.750. The van der Waals surface area contributed by atoms with Crippen molar-refractivity contribution < 1.29 is 9.52 Å².